The fraction of sp³-hybridized carbons (Fsp3) is 0.0476. The van der Waals surface area contributed by atoms with Gasteiger partial charge in [-0.3, -0.25) is 4.99 Å². The van der Waals surface area contributed by atoms with E-state index < -0.39 is 0 Å². The van der Waals surface area contributed by atoms with E-state index in [1.807, 2.05) is 42.5 Å². The van der Waals surface area contributed by atoms with Crippen LogP contribution in [0, 0.1) is 0 Å². The van der Waals surface area contributed by atoms with Crippen LogP contribution in [0.1, 0.15) is 22.7 Å². The maximum atomic E-state index is 4.68. The second-order valence-corrected chi connectivity index (χ2v) is 5.70. The zero-order chi connectivity index (χ0) is 16.2. The van der Waals surface area contributed by atoms with E-state index >= 15 is 0 Å². The second-order valence-electron chi connectivity index (χ2n) is 5.70. The lowest BCUT2D eigenvalue weighted by Crippen LogP contribution is -3.00. The van der Waals surface area contributed by atoms with Crippen molar-refractivity contribution in [3.63, 3.8) is 0 Å². The largest absolute Gasteiger partial charge is 1.00 e. The summed E-state index contributed by atoms with van der Waals surface area (Å²) in [6.45, 7) is 0. The van der Waals surface area contributed by atoms with Gasteiger partial charge in [-0.2, -0.15) is 0 Å². The Morgan fingerprint density at radius 1 is 0.680 bits per heavy atom. The molecule has 1 heterocycles. The van der Waals surface area contributed by atoms with E-state index in [1.165, 1.54) is 5.56 Å². The molecule has 0 amide bonds. The molecule has 0 aliphatic carbocycles. The molecule has 4 rings (SSSR count). The molecule has 0 radical (unpaired) electrons. The number of nitrogens with zero attached hydrogens (tertiary/aromatic N) is 1. The molecule has 4 heteroatoms. The van der Waals surface area contributed by atoms with E-state index in [0.29, 0.717) is 0 Å². The molecule has 0 fully saturated rings. The number of benzene rings is 3. The van der Waals surface area contributed by atoms with Gasteiger partial charge < -0.3 is 12.4 Å². The normalized spacial score (nSPS) is 16.1. The highest BCUT2D eigenvalue weighted by molar-refractivity contribution is 6.07. The molecule has 1 unspecified atom stereocenters. The average molecular weight is 348 g/mol. The third-order valence-electron chi connectivity index (χ3n) is 4.12. The number of hydrogen-bond acceptors (Lipinski definition) is 2. The highest BCUT2D eigenvalue weighted by Crippen LogP contribution is 2.17. The van der Waals surface area contributed by atoms with Crippen molar-refractivity contribution in [3.05, 3.63) is 108 Å². The minimum absolute atomic E-state index is 0. The second kappa shape index (κ2) is 7.77. The molecule has 0 saturated heterocycles. The third-order valence-corrected chi connectivity index (χ3v) is 4.12. The Morgan fingerprint density at radius 3 is 1.80 bits per heavy atom. The van der Waals surface area contributed by atoms with Gasteiger partial charge in [0, 0.05) is 11.1 Å². The van der Waals surface area contributed by atoms with Gasteiger partial charge in [0.15, 0.2) is 6.04 Å². The van der Waals surface area contributed by atoms with Crippen LogP contribution in [0.2, 0.25) is 0 Å². The zero-order valence-corrected chi connectivity index (χ0v) is 14.3. The lowest BCUT2D eigenvalue weighted by atomic mass is 9.96. The van der Waals surface area contributed by atoms with Gasteiger partial charge in [0.05, 0.1) is 5.56 Å². The van der Waals surface area contributed by atoms with Crippen molar-refractivity contribution in [1.82, 2.24) is 5.43 Å². The third kappa shape index (κ3) is 3.62. The molecular weight excluding hydrogens is 330 g/mol. The first-order valence-corrected chi connectivity index (χ1v) is 8.05. The Kier molecular flexibility index (Phi) is 5.26. The topological polar surface area (TPSA) is 38.4 Å². The summed E-state index contributed by atoms with van der Waals surface area (Å²) in [7, 11) is 0. The molecule has 1 atom stereocenters. The molecule has 0 saturated carbocycles. The molecule has 1 aliphatic rings. The molecule has 1 aliphatic heterocycles. The molecule has 0 bridgehead atoms. The van der Waals surface area contributed by atoms with Gasteiger partial charge >= 0.3 is 5.84 Å². The van der Waals surface area contributed by atoms with Crippen LogP contribution in [-0.2, 0) is 0 Å². The van der Waals surface area contributed by atoms with Crippen molar-refractivity contribution in [2.45, 2.75) is 6.04 Å². The number of nitrogens with one attached hydrogen (secondary N) is 2. The summed E-state index contributed by atoms with van der Waals surface area (Å²) < 4.78 is 0. The molecule has 3 aromatic rings. The van der Waals surface area contributed by atoms with Crippen LogP contribution in [0.5, 0.6) is 0 Å². The number of rotatable bonds is 3. The number of hydrazone groups is 1. The van der Waals surface area contributed by atoms with Gasteiger partial charge in [-0.25, -0.2) is 0 Å². The van der Waals surface area contributed by atoms with Gasteiger partial charge in [-0.15, -0.1) is 5.43 Å². The van der Waals surface area contributed by atoms with Crippen molar-refractivity contribution < 1.29 is 17.4 Å². The molecule has 124 valence electrons. The Labute approximate surface area is 153 Å². The molecule has 25 heavy (non-hydrogen) atoms. The molecule has 0 aromatic heterocycles. The molecular formula is C21H18ClN3. The van der Waals surface area contributed by atoms with Crippen LogP contribution in [0.25, 0.3) is 0 Å². The highest BCUT2D eigenvalue weighted by Gasteiger charge is 2.28. The van der Waals surface area contributed by atoms with E-state index in [9.17, 15) is 0 Å². The summed E-state index contributed by atoms with van der Waals surface area (Å²) in [5.41, 5.74) is 7.56. The van der Waals surface area contributed by atoms with Crippen LogP contribution in [0.4, 0.5) is 0 Å². The Bertz CT molecular complexity index is 875. The SMILES string of the molecule is [Cl-].c1ccc(C2=NNC(c3ccccc3)=[NH+]C2c2ccccc2)cc1. The maximum absolute atomic E-state index is 4.68. The fourth-order valence-corrected chi connectivity index (χ4v) is 2.91. The first kappa shape index (κ1) is 16.9. The van der Waals surface area contributed by atoms with E-state index in [-0.39, 0.29) is 18.4 Å². The van der Waals surface area contributed by atoms with Gasteiger partial charge in [0.1, 0.15) is 5.71 Å². The quantitative estimate of drug-likeness (QED) is 0.644. The van der Waals surface area contributed by atoms with Crippen LogP contribution in [-0.4, -0.2) is 11.5 Å². The number of halogens is 1. The summed E-state index contributed by atoms with van der Waals surface area (Å²) in [6.07, 6.45) is 0. The van der Waals surface area contributed by atoms with E-state index in [4.69, 9.17) is 0 Å². The van der Waals surface area contributed by atoms with Crippen LogP contribution < -0.4 is 22.8 Å². The predicted molar refractivity (Wildman–Crippen MR) is 96.8 cm³/mol. The Balaban J connectivity index is 0.00000182. The van der Waals surface area contributed by atoms with Gasteiger partial charge in [-0.1, -0.05) is 84.0 Å². The summed E-state index contributed by atoms with van der Waals surface area (Å²) >= 11 is 0. The van der Waals surface area contributed by atoms with Crippen LogP contribution >= 0.6 is 0 Å². The Hall–Kier alpha value is -2.91. The molecule has 2 N–H and O–H groups in total. The molecule has 3 nitrogen and oxygen atoms in total. The zero-order valence-electron chi connectivity index (χ0n) is 13.6. The van der Waals surface area contributed by atoms with E-state index in [1.54, 1.807) is 0 Å². The number of hydrogen-bond donors (Lipinski definition) is 2. The average Bonchev–Trinajstić information content (AvgIpc) is 2.69. The first-order chi connectivity index (χ1) is 11.9. The standard InChI is InChI=1S/C21H17N3.ClH/c1-4-10-16(11-5-1)19-20(17-12-6-2-7-13-17)23-24-21(22-19)18-14-8-3-9-15-18;/h1-15,19H,(H,22,24);1H. The van der Waals surface area contributed by atoms with Gasteiger partial charge in [-0.05, 0) is 12.1 Å². The van der Waals surface area contributed by atoms with Crippen LogP contribution in [0.3, 0.4) is 0 Å². The monoisotopic (exact) mass is 347 g/mol. The first-order valence-electron chi connectivity index (χ1n) is 8.05. The Morgan fingerprint density at radius 2 is 1.20 bits per heavy atom. The van der Waals surface area contributed by atoms with E-state index in [0.717, 1.165) is 22.7 Å². The molecule has 0 spiro atoms. The smallest absolute Gasteiger partial charge is 0.300 e. The highest BCUT2D eigenvalue weighted by atomic mass is 35.5. The summed E-state index contributed by atoms with van der Waals surface area (Å²) in [4.78, 5) is 3.61. The predicted octanol–water partition coefficient (Wildman–Crippen LogP) is -0.733. The minimum atomic E-state index is 0. The summed E-state index contributed by atoms with van der Waals surface area (Å²) in [5.74, 6) is 0.920. The van der Waals surface area contributed by atoms with Crippen LogP contribution in [0.15, 0.2) is 96.1 Å². The van der Waals surface area contributed by atoms with Crippen molar-refractivity contribution in [1.29, 1.82) is 0 Å². The maximum Gasteiger partial charge on any atom is 0.300 e. The van der Waals surface area contributed by atoms with Crippen molar-refractivity contribution >= 4 is 11.5 Å². The van der Waals surface area contributed by atoms with Gasteiger partial charge in [0.25, 0.3) is 0 Å². The summed E-state index contributed by atoms with van der Waals surface area (Å²) in [5, 5.41) is 4.68. The minimum Gasteiger partial charge on any atom is -1.00 e. The lowest BCUT2D eigenvalue weighted by molar-refractivity contribution is -0.491. The molecule has 3 aromatic carbocycles. The summed E-state index contributed by atoms with van der Waals surface area (Å²) in [6, 6.07) is 30.9. The van der Waals surface area contributed by atoms with E-state index in [2.05, 4.69) is 64.1 Å². The van der Waals surface area contributed by atoms with Crippen molar-refractivity contribution in [2.75, 3.05) is 0 Å². The fourth-order valence-electron chi connectivity index (χ4n) is 2.91. The van der Waals surface area contributed by atoms with Gasteiger partial charge in [0.2, 0.25) is 0 Å². The van der Waals surface area contributed by atoms with Crippen molar-refractivity contribution in [3.8, 4) is 0 Å². The van der Waals surface area contributed by atoms with Crippen molar-refractivity contribution in [2.24, 2.45) is 5.10 Å². The lowest BCUT2D eigenvalue weighted by Gasteiger charge is -2.18. The number of amidine groups is 1.